The molecule has 1 saturated carbocycles. The number of methoxy groups -OCH3 is 1. The van der Waals surface area contributed by atoms with E-state index in [2.05, 4.69) is 10.6 Å². The standard InChI is InChI=1S/C15H20N2O4/c1-15(2,9-4-5-9)17-14(20)16-12-7-6-10(21-3)8-11(12)13(18)19/h6-9H,4-5H2,1-3H3,(H,18,19)(H2,16,17,20). The summed E-state index contributed by atoms with van der Waals surface area (Å²) >= 11 is 0. The molecule has 3 N–H and O–H groups in total. The van der Waals surface area contributed by atoms with E-state index < -0.39 is 12.0 Å². The van der Waals surface area contributed by atoms with Crippen LogP contribution in [0.2, 0.25) is 0 Å². The van der Waals surface area contributed by atoms with Crippen LogP contribution >= 0.6 is 0 Å². The minimum atomic E-state index is -1.12. The molecule has 0 spiro atoms. The molecule has 0 atom stereocenters. The molecule has 0 radical (unpaired) electrons. The molecule has 21 heavy (non-hydrogen) atoms. The number of ether oxygens (including phenoxy) is 1. The van der Waals surface area contributed by atoms with Crippen molar-refractivity contribution in [3.8, 4) is 5.75 Å². The minimum Gasteiger partial charge on any atom is -0.497 e. The van der Waals surface area contributed by atoms with Crippen molar-refractivity contribution in [2.24, 2.45) is 5.92 Å². The Labute approximate surface area is 123 Å². The number of carboxylic acids is 1. The molecule has 0 heterocycles. The summed E-state index contributed by atoms with van der Waals surface area (Å²) in [6.45, 7) is 3.94. The molecule has 1 aromatic carbocycles. The fourth-order valence-corrected chi connectivity index (χ4v) is 2.29. The van der Waals surface area contributed by atoms with Crippen molar-refractivity contribution in [2.75, 3.05) is 12.4 Å². The Bertz CT molecular complexity index is 565. The molecular weight excluding hydrogens is 272 g/mol. The second-order valence-electron chi connectivity index (χ2n) is 5.79. The van der Waals surface area contributed by atoms with Gasteiger partial charge in [0, 0.05) is 5.54 Å². The summed E-state index contributed by atoms with van der Waals surface area (Å²) in [5, 5.41) is 14.7. The van der Waals surface area contributed by atoms with Gasteiger partial charge in [0.25, 0.3) is 0 Å². The number of nitrogens with one attached hydrogen (secondary N) is 2. The molecule has 6 heteroatoms. The van der Waals surface area contributed by atoms with Crippen LogP contribution in [0.4, 0.5) is 10.5 Å². The molecule has 0 aromatic heterocycles. The number of amides is 2. The SMILES string of the molecule is COc1ccc(NC(=O)NC(C)(C)C2CC2)c(C(=O)O)c1. The van der Waals surface area contributed by atoms with Gasteiger partial charge < -0.3 is 20.5 Å². The van der Waals surface area contributed by atoms with Gasteiger partial charge in [0.15, 0.2) is 0 Å². The van der Waals surface area contributed by atoms with Gasteiger partial charge in [-0.05, 0) is 50.8 Å². The van der Waals surface area contributed by atoms with E-state index in [0.29, 0.717) is 11.7 Å². The van der Waals surface area contributed by atoms with Gasteiger partial charge in [-0.1, -0.05) is 0 Å². The second kappa shape index (κ2) is 5.63. The first kappa shape index (κ1) is 15.2. The highest BCUT2D eigenvalue weighted by atomic mass is 16.5. The van der Waals surface area contributed by atoms with Gasteiger partial charge in [-0.25, -0.2) is 9.59 Å². The topological polar surface area (TPSA) is 87.7 Å². The van der Waals surface area contributed by atoms with Gasteiger partial charge in [0.2, 0.25) is 0 Å². The summed E-state index contributed by atoms with van der Waals surface area (Å²) in [6, 6.07) is 4.10. The number of urea groups is 1. The van der Waals surface area contributed by atoms with Crippen molar-refractivity contribution in [1.29, 1.82) is 0 Å². The summed E-state index contributed by atoms with van der Waals surface area (Å²) in [6.07, 6.45) is 2.21. The highest BCUT2D eigenvalue weighted by Crippen LogP contribution is 2.39. The number of aromatic carboxylic acids is 1. The molecule has 0 saturated heterocycles. The smallest absolute Gasteiger partial charge is 0.337 e. The van der Waals surface area contributed by atoms with Crippen LogP contribution in [0.5, 0.6) is 5.75 Å². The van der Waals surface area contributed by atoms with Crippen LogP contribution in [-0.2, 0) is 0 Å². The van der Waals surface area contributed by atoms with E-state index in [4.69, 9.17) is 4.74 Å². The van der Waals surface area contributed by atoms with Crippen molar-refractivity contribution in [3.05, 3.63) is 23.8 Å². The maximum atomic E-state index is 12.0. The summed E-state index contributed by atoms with van der Waals surface area (Å²) in [7, 11) is 1.46. The maximum absolute atomic E-state index is 12.0. The third-order valence-electron chi connectivity index (χ3n) is 3.74. The first-order chi connectivity index (χ1) is 9.83. The fourth-order valence-electron chi connectivity index (χ4n) is 2.29. The van der Waals surface area contributed by atoms with Crippen molar-refractivity contribution < 1.29 is 19.4 Å². The zero-order valence-corrected chi connectivity index (χ0v) is 12.4. The molecule has 1 aliphatic carbocycles. The molecule has 2 amide bonds. The van der Waals surface area contributed by atoms with Crippen LogP contribution in [0.25, 0.3) is 0 Å². The second-order valence-corrected chi connectivity index (χ2v) is 5.79. The van der Waals surface area contributed by atoms with Crippen LogP contribution < -0.4 is 15.4 Å². The quantitative estimate of drug-likeness (QED) is 0.778. The first-order valence-electron chi connectivity index (χ1n) is 6.84. The monoisotopic (exact) mass is 292 g/mol. The van der Waals surface area contributed by atoms with Crippen molar-refractivity contribution >= 4 is 17.7 Å². The lowest BCUT2D eigenvalue weighted by Gasteiger charge is -2.26. The van der Waals surface area contributed by atoms with E-state index in [1.165, 1.54) is 19.2 Å². The third kappa shape index (κ3) is 3.65. The highest BCUT2D eigenvalue weighted by molar-refractivity contribution is 6.00. The molecule has 1 aromatic rings. The van der Waals surface area contributed by atoms with E-state index in [9.17, 15) is 14.7 Å². The largest absolute Gasteiger partial charge is 0.497 e. The normalized spacial score (nSPS) is 14.4. The summed E-state index contributed by atoms with van der Waals surface area (Å²) in [4.78, 5) is 23.3. The van der Waals surface area contributed by atoms with Gasteiger partial charge in [0.1, 0.15) is 5.75 Å². The predicted octanol–water partition coefficient (Wildman–Crippen LogP) is 2.70. The Morgan fingerprint density at radius 2 is 2.00 bits per heavy atom. The molecule has 1 fully saturated rings. The lowest BCUT2D eigenvalue weighted by molar-refractivity contribution is 0.0697. The summed E-state index contributed by atoms with van der Waals surface area (Å²) < 4.78 is 4.99. The van der Waals surface area contributed by atoms with Gasteiger partial charge in [-0.15, -0.1) is 0 Å². The molecule has 114 valence electrons. The molecule has 0 unspecified atom stereocenters. The number of anilines is 1. The van der Waals surface area contributed by atoms with E-state index in [-0.39, 0.29) is 16.8 Å². The van der Waals surface area contributed by atoms with E-state index >= 15 is 0 Å². The Kier molecular flexibility index (Phi) is 4.06. The maximum Gasteiger partial charge on any atom is 0.337 e. The number of carboxylic acid groups (broad SMARTS) is 1. The number of hydrogen-bond donors (Lipinski definition) is 3. The number of carbonyl (C=O) groups is 2. The highest BCUT2D eigenvalue weighted by Gasteiger charge is 2.38. The fraction of sp³-hybridized carbons (Fsp3) is 0.467. The van der Waals surface area contributed by atoms with Gasteiger partial charge in [-0.3, -0.25) is 0 Å². The van der Waals surface area contributed by atoms with Gasteiger partial charge >= 0.3 is 12.0 Å². The van der Waals surface area contributed by atoms with E-state index in [0.717, 1.165) is 12.8 Å². The average molecular weight is 292 g/mol. The Morgan fingerprint density at radius 1 is 1.33 bits per heavy atom. The summed E-state index contributed by atoms with van der Waals surface area (Å²) in [5.41, 5.74) is -0.0546. The minimum absolute atomic E-state index is 0.00581. The van der Waals surface area contributed by atoms with Crippen molar-refractivity contribution in [2.45, 2.75) is 32.2 Å². The van der Waals surface area contributed by atoms with Gasteiger partial charge in [0.05, 0.1) is 18.4 Å². The number of benzene rings is 1. The van der Waals surface area contributed by atoms with E-state index in [1.807, 2.05) is 13.8 Å². The molecule has 6 nitrogen and oxygen atoms in total. The molecule has 0 aliphatic heterocycles. The third-order valence-corrected chi connectivity index (χ3v) is 3.74. The zero-order chi connectivity index (χ0) is 15.6. The number of carbonyl (C=O) groups excluding carboxylic acids is 1. The van der Waals surface area contributed by atoms with E-state index in [1.54, 1.807) is 6.07 Å². The molecule has 1 aliphatic rings. The van der Waals surface area contributed by atoms with Crippen LogP contribution in [0.3, 0.4) is 0 Å². The Balaban J connectivity index is 2.11. The van der Waals surface area contributed by atoms with Crippen LogP contribution in [0.15, 0.2) is 18.2 Å². The lowest BCUT2D eigenvalue weighted by atomic mass is 9.99. The predicted molar refractivity (Wildman–Crippen MR) is 78.9 cm³/mol. The lowest BCUT2D eigenvalue weighted by Crippen LogP contribution is -2.47. The van der Waals surface area contributed by atoms with Gasteiger partial charge in [-0.2, -0.15) is 0 Å². The number of hydrogen-bond acceptors (Lipinski definition) is 3. The first-order valence-corrected chi connectivity index (χ1v) is 6.84. The van der Waals surface area contributed by atoms with Crippen LogP contribution in [0.1, 0.15) is 37.0 Å². The summed E-state index contributed by atoms with van der Waals surface area (Å²) in [5.74, 6) is -0.208. The van der Waals surface area contributed by atoms with Crippen LogP contribution in [-0.4, -0.2) is 29.8 Å². The molecule has 0 bridgehead atoms. The van der Waals surface area contributed by atoms with Crippen LogP contribution in [0, 0.1) is 5.92 Å². The number of rotatable bonds is 5. The Hall–Kier alpha value is -2.24. The zero-order valence-electron chi connectivity index (χ0n) is 12.4. The Morgan fingerprint density at radius 3 is 2.52 bits per heavy atom. The molecule has 2 rings (SSSR count). The van der Waals surface area contributed by atoms with Crippen molar-refractivity contribution in [3.63, 3.8) is 0 Å². The molecular formula is C15H20N2O4. The average Bonchev–Trinajstić information content (AvgIpc) is 3.22. The van der Waals surface area contributed by atoms with Crippen molar-refractivity contribution in [1.82, 2.24) is 5.32 Å².